The lowest BCUT2D eigenvalue weighted by molar-refractivity contribution is -0.122. The molecular weight excluding hydrogens is 330 g/mol. The van der Waals surface area contributed by atoms with Crippen molar-refractivity contribution < 1.29 is 4.79 Å². The van der Waals surface area contributed by atoms with Crippen LogP contribution in [-0.2, 0) is 11.2 Å². The fraction of sp³-hybridized carbons (Fsp3) is 0.250. The van der Waals surface area contributed by atoms with Gasteiger partial charge in [-0.05, 0) is 24.0 Å². The second-order valence-electron chi connectivity index (χ2n) is 6.29. The summed E-state index contributed by atoms with van der Waals surface area (Å²) in [6.07, 6.45) is 5.31. The fourth-order valence-electron chi connectivity index (χ4n) is 3.03. The topological polar surface area (TPSA) is 54.9 Å². The highest BCUT2D eigenvalue weighted by Gasteiger charge is 2.43. The number of hydrogen-bond acceptors (Lipinski definition) is 4. The van der Waals surface area contributed by atoms with Gasteiger partial charge in [0, 0.05) is 42.2 Å². The monoisotopic (exact) mass is 349 g/mol. The van der Waals surface area contributed by atoms with Crippen LogP contribution in [-0.4, -0.2) is 22.4 Å². The lowest BCUT2D eigenvalue weighted by Crippen LogP contribution is -2.27. The number of nitrogens with one attached hydrogen (secondary N) is 1. The van der Waals surface area contributed by atoms with Crippen LogP contribution in [0.3, 0.4) is 0 Å². The maximum atomic E-state index is 12.3. The molecule has 1 fully saturated rings. The number of benzene rings is 1. The fourth-order valence-corrected chi connectivity index (χ4v) is 3.89. The highest BCUT2D eigenvalue weighted by Crippen LogP contribution is 2.47. The van der Waals surface area contributed by atoms with Gasteiger partial charge < -0.3 is 5.32 Å². The van der Waals surface area contributed by atoms with Crippen LogP contribution < -0.4 is 5.32 Å². The van der Waals surface area contributed by atoms with Gasteiger partial charge in [0.05, 0.1) is 5.69 Å². The van der Waals surface area contributed by atoms with Crippen LogP contribution in [0.4, 0.5) is 0 Å². The number of thiazole rings is 1. The SMILES string of the molecule is O=C(NCCc1csc(-c2ccccc2)n1)[C@H]1C[C@H]1c1cccnc1. The van der Waals surface area contributed by atoms with Gasteiger partial charge in [-0.15, -0.1) is 11.3 Å². The lowest BCUT2D eigenvalue weighted by Gasteiger charge is -2.04. The van der Waals surface area contributed by atoms with Crippen LogP contribution in [0.15, 0.2) is 60.2 Å². The Morgan fingerprint density at radius 2 is 2.08 bits per heavy atom. The second-order valence-corrected chi connectivity index (χ2v) is 7.14. The number of carbonyl (C=O) groups excluding carboxylic acids is 1. The zero-order valence-electron chi connectivity index (χ0n) is 13.8. The van der Waals surface area contributed by atoms with Crippen LogP contribution in [0.1, 0.15) is 23.6 Å². The van der Waals surface area contributed by atoms with E-state index in [1.807, 2.05) is 36.5 Å². The molecule has 1 saturated carbocycles. The standard InChI is InChI=1S/C20H19N3OS/c24-19(18-11-17(18)15-7-4-9-21-12-15)22-10-8-16-13-25-20(23-16)14-5-2-1-3-6-14/h1-7,9,12-13,17-18H,8,10-11H2,(H,22,24)/t17-,18-/m0/s1. The molecule has 2 heterocycles. The molecule has 1 amide bonds. The summed E-state index contributed by atoms with van der Waals surface area (Å²) in [6, 6.07) is 14.1. The van der Waals surface area contributed by atoms with E-state index >= 15 is 0 Å². The predicted octanol–water partition coefficient (Wildman–Crippen LogP) is 3.67. The van der Waals surface area contributed by atoms with Crippen molar-refractivity contribution in [2.45, 2.75) is 18.8 Å². The predicted molar refractivity (Wildman–Crippen MR) is 99.3 cm³/mol. The molecule has 0 radical (unpaired) electrons. The Balaban J connectivity index is 1.26. The summed E-state index contributed by atoms with van der Waals surface area (Å²) in [4.78, 5) is 21.0. The number of amides is 1. The Labute approximate surface area is 151 Å². The Kier molecular flexibility index (Phi) is 4.57. The minimum atomic E-state index is 0.0968. The van der Waals surface area contributed by atoms with Gasteiger partial charge in [0.2, 0.25) is 5.91 Å². The van der Waals surface area contributed by atoms with Crippen LogP contribution >= 0.6 is 11.3 Å². The van der Waals surface area contributed by atoms with Crippen molar-refractivity contribution in [3.63, 3.8) is 0 Å². The molecule has 1 aromatic carbocycles. The van der Waals surface area contributed by atoms with Gasteiger partial charge in [0.25, 0.3) is 0 Å². The zero-order chi connectivity index (χ0) is 17.1. The molecule has 0 saturated heterocycles. The molecule has 0 bridgehead atoms. The van der Waals surface area contributed by atoms with Crippen molar-refractivity contribution >= 4 is 17.2 Å². The average Bonchev–Trinajstić information content (AvgIpc) is 3.34. The summed E-state index contributed by atoms with van der Waals surface area (Å²) in [5, 5.41) is 6.15. The Morgan fingerprint density at radius 1 is 1.20 bits per heavy atom. The third kappa shape index (κ3) is 3.77. The van der Waals surface area contributed by atoms with E-state index in [4.69, 9.17) is 0 Å². The maximum absolute atomic E-state index is 12.3. The normalized spacial score (nSPS) is 18.7. The van der Waals surface area contributed by atoms with E-state index < -0.39 is 0 Å². The molecular formula is C20H19N3OS. The number of nitrogens with zero attached hydrogens (tertiary/aromatic N) is 2. The number of carbonyl (C=O) groups is 1. The zero-order valence-corrected chi connectivity index (χ0v) is 14.6. The van der Waals surface area contributed by atoms with Gasteiger partial charge in [-0.25, -0.2) is 4.98 Å². The summed E-state index contributed by atoms with van der Waals surface area (Å²) >= 11 is 1.65. The molecule has 2 atom stereocenters. The van der Waals surface area contributed by atoms with E-state index in [2.05, 4.69) is 32.8 Å². The van der Waals surface area contributed by atoms with Crippen molar-refractivity contribution in [2.75, 3.05) is 6.54 Å². The number of aromatic nitrogens is 2. The summed E-state index contributed by atoms with van der Waals surface area (Å²) in [5.74, 6) is 0.574. The van der Waals surface area contributed by atoms with Crippen molar-refractivity contribution in [1.82, 2.24) is 15.3 Å². The highest BCUT2D eigenvalue weighted by molar-refractivity contribution is 7.13. The average molecular weight is 349 g/mol. The maximum Gasteiger partial charge on any atom is 0.223 e. The summed E-state index contributed by atoms with van der Waals surface area (Å²) in [6.45, 7) is 0.632. The largest absolute Gasteiger partial charge is 0.355 e. The number of pyridine rings is 1. The van der Waals surface area contributed by atoms with E-state index in [9.17, 15) is 4.79 Å². The summed E-state index contributed by atoms with van der Waals surface area (Å²) in [5.41, 5.74) is 3.33. The first-order valence-electron chi connectivity index (χ1n) is 8.49. The highest BCUT2D eigenvalue weighted by atomic mass is 32.1. The Morgan fingerprint density at radius 3 is 2.88 bits per heavy atom. The van der Waals surface area contributed by atoms with E-state index in [0.29, 0.717) is 12.5 Å². The quantitative estimate of drug-likeness (QED) is 0.739. The molecule has 25 heavy (non-hydrogen) atoms. The Bertz CT molecular complexity index is 848. The number of rotatable bonds is 6. The second kappa shape index (κ2) is 7.15. The number of hydrogen-bond donors (Lipinski definition) is 1. The van der Waals surface area contributed by atoms with Crippen molar-refractivity contribution in [3.8, 4) is 10.6 Å². The van der Waals surface area contributed by atoms with Gasteiger partial charge >= 0.3 is 0 Å². The molecule has 2 aromatic heterocycles. The van der Waals surface area contributed by atoms with E-state index in [1.54, 1.807) is 17.5 Å². The van der Waals surface area contributed by atoms with Gasteiger partial charge in [-0.1, -0.05) is 36.4 Å². The van der Waals surface area contributed by atoms with Crippen LogP contribution in [0, 0.1) is 5.92 Å². The van der Waals surface area contributed by atoms with Gasteiger partial charge in [-0.2, -0.15) is 0 Å². The molecule has 0 aliphatic heterocycles. The van der Waals surface area contributed by atoms with E-state index in [1.165, 1.54) is 0 Å². The van der Waals surface area contributed by atoms with Crippen LogP contribution in [0.2, 0.25) is 0 Å². The first kappa shape index (κ1) is 16.0. The van der Waals surface area contributed by atoms with E-state index in [0.717, 1.165) is 34.7 Å². The van der Waals surface area contributed by atoms with Crippen LogP contribution in [0.25, 0.3) is 10.6 Å². The van der Waals surface area contributed by atoms with Gasteiger partial charge in [0.15, 0.2) is 0 Å². The van der Waals surface area contributed by atoms with Crippen molar-refractivity contribution in [2.24, 2.45) is 5.92 Å². The molecule has 1 N–H and O–H groups in total. The lowest BCUT2D eigenvalue weighted by atomic mass is 10.1. The Hall–Kier alpha value is -2.53. The third-order valence-corrected chi connectivity index (χ3v) is 5.43. The van der Waals surface area contributed by atoms with Gasteiger partial charge in [-0.3, -0.25) is 9.78 Å². The molecule has 0 unspecified atom stereocenters. The molecule has 4 nitrogen and oxygen atoms in total. The molecule has 126 valence electrons. The first-order valence-corrected chi connectivity index (χ1v) is 9.36. The minimum absolute atomic E-state index is 0.0968. The first-order chi connectivity index (χ1) is 12.3. The molecule has 1 aliphatic carbocycles. The molecule has 1 aliphatic rings. The summed E-state index contributed by atoms with van der Waals surface area (Å²) in [7, 11) is 0. The third-order valence-electron chi connectivity index (χ3n) is 4.49. The molecule has 4 rings (SSSR count). The van der Waals surface area contributed by atoms with Crippen LogP contribution in [0.5, 0.6) is 0 Å². The summed E-state index contributed by atoms with van der Waals surface area (Å²) < 4.78 is 0. The van der Waals surface area contributed by atoms with Crippen molar-refractivity contribution in [3.05, 3.63) is 71.5 Å². The van der Waals surface area contributed by atoms with E-state index in [-0.39, 0.29) is 11.8 Å². The van der Waals surface area contributed by atoms with Crippen molar-refractivity contribution in [1.29, 1.82) is 0 Å². The molecule has 3 aromatic rings. The smallest absolute Gasteiger partial charge is 0.223 e. The molecule has 0 spiro atoms. The molecule has 5 heteroatoms. The minimum Gasteiger partial charge on any atom is -0.355 e. The van der Waals surface area contributed by atoms with Gasteiger partial charge in [0.1, 0.15) is 5.01 Å².